The molecule has 0 aliphatic carbocycles. The highest BCUT2D eigenvalue weighted by atomic mass is 16.6. The van der Waals surface area contributed by atoms with Gasteiger partial charge in [-0.25, -0.2) is 4.79 Å². The second-order valence-electron chi connectivity index (χ2n) is 11.4. The summed E-state index contributed by atoms with van der Waals surface area (Å²) in [6.07, 6.45) is 15.7. The Morgan fingerprint density at radius 3 is 2.17 bits per heavy atom. The van der Waals surface area contributed by atoms with Gasteiger partial charge < -0.3 is 19.3 Å². The lowest BCUT2D eigenvalue weighted by Gasteiger charge is -2.25. The number of likely N-dealkylation sites (tertiary alicyclic amines) is 1. The summed E-state index contributed by atoms with van der Waals surface area (Å²) in [5.41, 5.74) is -0.445. The van der Waals surface area contributed by atoms with Crippen LogP contribution >= 0.6 is 0 Å². The van der Waals surface area contributed by atoms with Crippen molar-refractivity contribution in [2.75, 3.05) is 39.3 Å². The van der Waals surface area contributed by atoms with Gasteiger partial charge in [0.25, 0.3) is 0 Å². The van der Waals surface area contributed by atoms with Crippen molar-refractivity contribution in [3.63, 3.8) is 0 Å². The first kappa shape index (κ1) is 31.7. The molecule has 35 heavy (non-hydrogen) atoms. The number of unbranched alkanes of at least 4 members (excludes halogenated alkanes) is 8. The summed E-state index contributed by atoms with van der Waals surface area (Å²) in [6, 6.07) is 0. The number of rotatable bonds is 19. The van der Waals surface area contributed by atoms with Gasteiger partial charge in [0, 0.05) is 19.5 Å². The number of esters is 1. The molecule has 0 bridgehead atoms. The second-order valence-corrected chi connectivity index (χ2v) is 11.4. The summed E-state index contributed by atoms with van der Waals surface area (Å²) in [4.78, 5) is 28.8. The van der Waals surface area contributed by atoms with E-state index in [1.165, 1.54) is 44.9 Å². The van der Waals surface area contributed by atoms with Crippen LogP contribution in [-0.2, 0) is 14.3 Å². The third kappa shape index (κ3) is 16.9. The highest BCUT2D eigenvalue weighted by Gasteiger charge is 2.29. The van der Waals surface area contributed by atoms with Crippen LogP contribution in [0.3, 0.4) is 0 Å². The fourth-order valence-corrected chi connectivity index (χ4v) is 4.61. The van der Waals surface area contributed by atoms with Crippen LogP contribution in [0.25, 0.3) is 0 Å². The van der Waals surface area contributed by atoms with Crippen molar-refractivity contribution in [1.82, 2.24) is 9.80 Å². The molecule has 1 aliphatic rings. The van der Waals surface area contributed by atoms with Crippen LogP contribution in [0.1, 0.15) is 125 Å². The van der Waals surface area contributed by atoms with Gasteiger partial charge in [-0.1, -0.05) is 65.2 Å². The lowest BCUT2D eigenvalue weighted by molar-refractivity contribution is -0.144. The van der Waals surface area contributed by atoms with E-state index in [9.17, 15) is 9.59 Å². The number of ether oxygens (including phenoxy) is 2. The summed E-state index contributed by atoms with van der Waals surface area (Å²) in [6.45, 7) is 15.4. The molecule has 206 valence electrons. The highest BCUT2D eigenvalue weighted by molar-refractivity contribution is 5.69. The summed E-state index contributed by atoms with van der Waals surface area (Å²) in [7, 11) is 0. The fraction of sp³-hybridized carbons (Fsp3) is 0.931. The monoisotopic (exact) mass is 496 g/mol. The Kier molecular flexibility index (Phi) is 17.1. The highest BCUT2D eigenvalue weighted by Crippen LogP contribution is 2.22. The van der Waals surface area contributed by atoms with E-state index in [0.717, 1.165) is 71.2 Å². The Morgan fingerprint density at radius 1 is 0.857 bits per heavy atom. The van der Waals surface area contributed by atoms with Crippen molar-refractivity contribution in [1.29, 1.82) is 0 Å². The fourth-order valence-electron chi connectivity index (χ4n) is 4.61. The Hall–Kier alpha value is -1.30. The molecule has 0 aromatic heterocycles. The largest absolute Gasteiger partial charge is 0.466 e. The Morgan fingerprint density at radius 2 is 1.49 bits per heavy atom. The van der Waals surface area contributed by atoms with Gasteiger partial charge in [0.15, 0.2) is 0 Å². The van der Waals surface area contributed by atoms with Gasteiger partial charge in [-0.2, -0.15) is 0 Å². The molecular formula is C29H56N2O4. The zero-order valence-electron chi connectivity index (χ0n) is 23.7. The second kappa shape index (κ2) is 18.9. The SMILES string of the molecule is CCCCCCCCCN(CCCC(=O)OCCCCC)CC[C@H]1CCN(C(=O)OC(C)(C)C)C1. The lowest BCUT2D eigenvalue weighted by Crippen LogP contribution is -2.35. The van der Waals surface area contributed by atoms with E-state index in [4.69, 9.17) is 9.47 Å². The number of carbonyl (C=O) groups excluding carboxylic acids is 2. The molecule has 6 heteroatoms. The minimum Gasteiger partial charge on any atom is -0.466 e. The van der Waals surface area contributed by atoms with E-state index >= 15 is 0 Å². The quantitative estimate of drug-likeness (QED) is 0.140. The first-order chi connectivity index (χ1) is 16.7. The molecule has 1 atom stereocenters. The van der Waals surface area contributed by atoms with Crippen LogP contribution in [0, 0.1) is 5.92 Å². The molecule has 1 fully saturated rings. The van der Waals surface area contributed by atoms with Crippen molar-refractivity contribution in [3.05, 3.63) is 0 Å². The first-order valence-electron chi connectivity index (χ1n) is 14.6. The Balaban J connectivity index is 2.38. The molecular weight excluding hydrogens is 440 g/mol. The average Bonchev–Trinajstić information content (AvgIpc) is 3.27. The molecule has 0 aromatic rings. The molecule has 1 saturated heterocycles. The molecule has 6 nitrogen and oxygen atoms in total. The van der Waals surface area contributed by atoms with Crippen LogP contribution in [0.4, 0.5) is 4.79 Å². The summed E-state index contributed by atoms with van der Waals surface area (Å²) < 4.78 is 10.9. The molecule has 1 amide bonds. The lowest BCUT2D eigenvalue weighted by atomic mass is 10.0. The molecule has 0 unspecified atom stereocenters. The third-order valence-electron chi connectivity index (χ3n) is 6.74. The number of hydrogen-bond acceptors (Lipinski definition) is 5. The topological polar surface area (TPSA) is 59.1 Å². The molecule has 0 saturated carbocycles. The van der Waals surface area contributed by atoms with Crippen LogP contribution < -0.4 is 0 Å². The van der Waals surface area contributed by atoms with Crippen molar-refractivity contribution in [2.45, 2.75) is 130 Å². The van der Waals surface area contributed by atoms with E-state index in [2.05, 4.69) is 18.7 Å². The number of hydrogen-bond donors (Lipinski definition) is 0. The van der Waals surface area contributed by atoms with Crippen molar-refractivity contribution < 1.29 is 19.1 Å². The van der Waals surface area contributed by atoms with Crippen LogP contribution in [0.2, 0.25) is 0 Å². The number of nitrogens with zero attached hydrogens (tertiary/aromatic N) is 2. The minimum atomic E-state index is -0.445. The van der Waals surface area contributed by atoms with Gasteiger partial charge in [-0.15, -0.1) is 0 Å². The molecule has 0 spiro atoms. The van der Waals surface area contributed by atoms with Gasteiger partial charge in [0.05, 0.1) is 6.61 Å². The van der Waals surface area contributed by atoms with Gasteiger partial charge >= 0.3 is 12.1 Å². The van der Waals surface area contributed by atoms with Gasteiger partial charge in [-0.05, 0) is 78.4 Å². The Labute approximate surface area is 216 Å². The minimum absolute atomic E-state index is 0.0548. The van der Waals surface area contributed by atoms with Crippen molar-refractivity contribution in [3.8, 4) is 0 Å². The predicted octanol–water partition coefficient (Wildman–Crippen LogP) is 7.20. The van der Waals surface area contributed by atoms with E-state index in [1.807, 2.05) is 25.7 Å². The molecule has 1 heterocycles. The zero-order valence-corrected chi connectivity index (χ0v) is 23.7. The van der Waals surface area contributed by atoms with E-state index in [0.29, 0.717) is 18.9 Å². The van der Waals surface area contributed by atoms with Crippen LogP contribution in [0.5, 0.6) is 0 Å². The van der Waals surface area contributed by atoms with Crippen molar-refractivity contribution in [2.24, 2.45) is 5.92 Å². The maximum Gasteiger partial charge on any atom is 0.410 e. The predicted molar refractivity (Wildman–Crippen MR) is 145 cm³/mol. The maximum atomic E-state index is 12.4. The maximum absolute atomic E-state index is 12.4. The number of carbonyl (C=O) groups is 2. The molecule has 0 aromatic carbocycles. The summed E-state index contributed by atoms with van der Waals surface area (Å²) in [5.74, 6) is 0.475. The Bertz CT molecular complexity index is 561. The third-order valence-corrected chi connectivity index (χ3v) is 6.74. The van der Waals surface area contributed by atoms with Gasteiger partial charge in [0.1, 0.15) is 5.60 Å². The molecule has 0 radical (unpaired) electrons. The molecule has 0 N–H and O–H groups in total. The van der Waals surface area contributed by atoms with E-state index in [-0.39, 0.29) is 12.1 Å². The van der Waals surface area contributed by atoms with Crippen molar-refractivity contribution >= 4 is 12.1 Å². The van der Waals surface area contributed by atoms with Gasteiger partial charge in [-0.3, -0.25) is 4.79 Å². The normalized spacial score (nSPS) is 16.2. The summed E-state index contributed by atoms with van der Waals surface area (Å²) in [5, 5.41) is 0. The van der Waals surface area contributed by atoms with Crippen LogP contribution in [-0.4, -0.2) is 66.8 Å². The number of amides is 1. The zero-order chi connectivity index (χ0) is 25.9. The van der Waals surface area contributed by atoms with Gasteiger partial charge in [0.2, 0.25) is 0 Å². The smallest absolute Gasteiger partial charge is 0.410 e. The standard InChI is InChI=1S/C29H56N2O4/c1-6-8-10-11-12-13-14-20-30(21-16-17-27(32)34-24-15-9-7-2)22-18-26-19-23-31(25-26)28(33)35-29(3,4)5/h26H,6-25H2,1-5H3/t26-/m0/s1. The van der Waals surface area contributed by atoms with Crippen LogP contribution in [0.15, 0.2) is 0 Å². The molecule has 1 rings (SSSR count). The average molecular weight is 497 g/mol. The molecule has 1 aliphatic heterocycles. The van der Waals surface area contributed by atoms with E-state index in [1.54, 1.807) is 0 Å². The first-order valence-corrected chi connectivity index (χ1v) is 14.6. The summed E-state index contributed by atoms with van der Waals surface area (Å²) >= 11 is 0. The van der Waals surface area contributed by atoms with E-state index < -0.39 is 5.60 Å².